The van der Waals surface area contributed by atoms with Crippen LogP contribution in [-0.4, -0.2) is 18.8 Å². The van der Waals surface area contributed by atoms with E-state index in [1.165, 1.54) is 5.56 Å². The number of aliphatic hydroxyl groups excluding tert-OH is 1. The predicted molar refractivity (Wildman–Crippen MR) is 88.6 cm³/mol. The van der Waals surface area contributed by atoms with Gasteiger partial charge in [-0.15, -0.1) is 0 Å². The van der Waals surface area contributed by atoms with Gasteiger partial charge in [-0.05, 0) is 43.9 Å². The van der Waals surface area contributed by atoms with E-state index in [0.717, 1.165) is 29.0 Å². The summed E-state index contributed by atoms with van der Waals surface area (Å²) in [5, 5.41) is 10.3. The first-order valence-electron chi connectivity index (χ1n) is 7.69. The summed E-state index contributed by atoms with van der Waals surface area (Å²) in [6, 6.07) is 13.9. The highest BCUT2D eigenvalue weighted by atomic mass is 16.5. The van der Waals surface area contributed by atoms with Gasteiger partial charge >= 0.3 is 0 Å². The molecule has 0 aliphatic heterocycles. The molecule has 0 aliphatic carbocycles. The number of rotatable bonds is 7. The number of hydrogen-bond donors (Lipinski definition) is 1. The summed E-state index contributed by atoms with van der Waals surface area (Å²) >= 11 is 0. The molecule has 0 aromatic heterocycles. The summed E-state index contributed by atoms with van der Waals surface area (Å²) in [6.07, 6.45) is 0.916. The molecule has 0 saturated heterocycles. The molecule has 2 rings (SSSR count). The fourth-order valence-corrected chi connectivity index (χ4v) is 2.47. The van der Waals surface area contributed by atoms with Crippen molar-refractivity contribution in [3.63, 3.8) is 0 Å². The van der Waals surface area contributed by atoms with E-state index in [1.807, 2.05) is 56.3 Å². The van der Waals surface area contributed by atoms with Crippen molar-refractivity contribution in [2.45, 2.75) is 32.8 Å². The number of methoxy groups -OCH3 is 1. The number of hydrogen-bond acceptors (Lipinski definition) is 3. The van der Waals surface area contributed by atoms with Crippen molar-refractivity contribution in [1.82, 2.24) is 0 Å². The highest BCUT2D eigenvalue weighted by Gasteiger charge is 2.13. The molecule has 2 aromatic carbocycles. The summed E-state index contributed by atoms with van der Waals surface area (Å²) in [6.45, 7) is 4.59. The molecular formula is C19H24O3. The van der Waals surface area contributed by atoms with Crippen molar-refractivity contribution < 1.29 is 14.6 Å². The molecule has 1 N–H and O–H groups in total. The van der Waals surface area contributed by atoms with Gasteiger partial charge in [0.25, 0.3) is 0 Å². The van der Waals surface area contributed by atoms with Crippen LogP contribution in [0.4, 0.5) is 0 Å². The summed E-state index contributed by atoms with van der Waals surface area (Å²) in [5.41, 5.74) is 3.21. The number of benzene rings is 2. The smallest absolute Gasteiger partial charge is 0.164 e. The summed E-state index contributed by atoms with van der Waals surface area (Å²) in [5.74, 6) is 1.52. The Morgan fingerprint density at radius 2 is 1.82 bits per heavy atom. The molecule has 22 heavy (non-hydrogen) atoms. The first kappa shape index (κ1) is 16.4. The van der Waals surface area contributed by atoms with Crippen LogP contribution in [0.2, 0.25) is 0 Å². The minimum atomic E-state index is -0.471. The molecule has 0 spiro atoms. The maximum atomic E-state index is 10.3. The third kappa shape index (κ3) is 4.01. The molecule has 2 aromatic rings. The highest BCUT2D eigenvalue weighted by Crippen LogP contribution is 2.33. The minimum absolute atomic E-state index is 0.471. The van der Waals surface area contributed by atoms with E-state index < -0.39 is 6.10 Å². The van der Waals surface area contributed by atoms with Gasteiger partial charge in [-0.3, -0.25) is 0 Å². The van der Waals surface area contributed by atoms with Gasteiger partial charge in [0.1, 0.15) is 0 Å². The zero-order valence-corrected chi connectivity index (χ0v) is 13.5. The first-order chi connectivity index (χ1) is 10.7. The van der Waals surface area contributed by atoms with E-state index >= 15 is 0 Å². The van der Waals surface area contributed by atoms with E-state index in [0.29, 0.717) is 13.0 Å². The minimum Gasteiger partial charge on any atom is -0.493 e. The van der Waals surface area contributed by atoms with Gasteiger partial charge in [0, 0.05) is 0 Å². The van der Waals surface area contributed by atoms with Crippen molar-refractivity contribution in [1.29, 1.82) is 0 Å². The van der Waals surface area contributed by atoms with Crippen LogP contribution < -0.4 is 9.47 Å². The largest absolute Gasteiger partial charge is 0.493 e. The molecule has 3 heteroatoms. The van der Waals surface area contributed by atoms with Gasteiger partial charge in [-0.2, -0.15) is 0 Å². The summed E-state index contributed by atoms with van der Waals surface area (Å²) in [4.78, 5) is 0. The van der Waals surface area contributed by atoms with E-state index in [4.69, 9.17) is 9.47 Å². The van der Waals surface area contributed by atoms with Crippen LogP contribution in [0.5, 0.6) is 11.5 Å². The van der Waals surface area contributed by atoms with Crippen molar-refractivity contribution in [3.05, 3.63) is 59.2 Å². The van der Waals surface area contributed by atoms with Crippen molar-refractivity contribution in [3.8, 4) is 11.5 Å². The normalized spacial score (nSPS) is 12.0. The molecule has 0 amide bonds. The second-order valence-corrected chi connectivity index (χ2v) is 5.35. The van der Waals surface area contributed by atoms with Crippen molar-refractivity contribution in [2.24, 2.45) is 0 Å². The Balaban J connectivity index is 2.09. The van der Waals surface area contributed by atoms with Crippen LogP contribution in [0.15, 0.2) is 42.5 Å². The van der Waals surface area contributed by atoms with Crippen LogP contribution >= 0.6 is 0 Å². The Bertz CT molecular complexity index is 590. The molecule has 0 aliphatic rings. The number of aliphatic hydroxyl groups is 1. The molecule has 3 nitrogen and oxygen atoms in total. The standard InChI is InChI=1S/C19H24O3/c1-4-22-19-16(6-5-7-18(19)21-3)12-13-17(20)15-10-8-14(2)9-11-15/h5-11,17,20H,4,12-13H2,1-3H3. The Labute approximate surface area is 132 Å². The van der Waals surface area contributed by atoms with Crippen LogP contribution in [0, 0.1) is 6.92 Å². The van der Waals surface area contributed by atoms with Crippen LogP contribution in [0.1, 0.15) is 36.1 Å². The first-order valence-corrected chi connectivity index (χ1v) is 7.69. The molecule has 0 radical (unpaired) electrons. The molecule has 118 valence electrons. The van der Waals surface area contributed by atoms with Crippen LogP contribution in [0.3, 0.4) is 0 Å². The fraction of sp³-hybridized carbons (Fsp3) is 0.368. The quantitative estimate of drug-likeness (QED) is 0.837. The van der Waals surface area contributed by atoms with Crippen molar-refractivity contribution in [2.75, 3.05) is 13.7 Å². The Morgan fingerprint density at radius 3 is 2.45 bits per heavy atom. The predicted octanol–water partition coefficient (Wildman–Crippen LogP) is 4.07. The van der Waals surface area contributed by atoms with Crippen LogP contribution in [0.25, 0.3) is 0 Å². The highest BCUT2D eigenvalue weighted by molar-refractivity contribution is 5.46. The Kier molecular flexibility index (Phi) is 5.84. The zero-order valence-electron chi connectivity index (χ0n) is 13.5. The summed E-state index contributed by atoms with van der Waals surface area (Å²) < 4.78 is 11.1. The van der Waals surface area contributed by atoms with Gasteiger partial charge in [-0.1, -0.05) is 42.0 Å². The van der Waals surface area contributed by atoms with E-state index in [9.17, 15) is 5.11 Å². The topological polar surface area (TPSA) is 38.7 Å². The fourth-order valence-electron chi connectivity index (χ4n) is 2.47. The molecule has 1 unspecified atom stereocenters. The second kappa shape index (κ2) is 7.85. The second-order valence-electron chi connectivity index (χ2n) is 5.35. The average molecular weight is 300 g/mol. The lowest BCUT2D eigenvalue weighted by molar-refractivity contribution is 0.167. The molecule has 0 fully saturated rings. The molecular weight excluding hydrogens is 276 g/mol. The van der Waals surface area contributed by atoms with Crippen molar-refractivity contribution >= 4 is 0 Å². The monoisotopic (exact) mass is 300 g/mol. The molecule has 0 heterocycles. The molecule has 1 atom stereocenters. The number of para-hydroxylation sites is 1. The van der Waals surface area contributed by atoms with Gasteiger partial charge < -0.3 is 14.6 Å². The zero-order chi connectivity index (χ0) is 15.9. The molecule has 0 bridgehead atoms. The lowest BCUT2D eigenvalue weighted by Crippen LogP contribution is -2.03. The van der Waals surface area contributed by atoms with Crippen LogP contribution in [-0.2, 0) is 6.42 Å². The maximum absolute atomic E-state index is 10.3. The lowest BCUT2D eigenvalue weighted by atomic mass is 10.00. The van der Waals surface area contributed by atoms with Gasteiger partial charge in [0.2, 0.25) is 0 Å². The molecule has 0 saturated carbocycles. The average Bonchev–Trinajstić information content (AvgIpc) is 2.54. The Morgan fingerprint density at radius 1 is 1.09 bits per heavy atom. The third-order valence-electron chi connectivity index (χ3n) is 3.72. The Hall–Kier alpha value is -2.00. The number of ether oxygens (including phenoxy) is 2. The SMILES string of the molecule is CCOc1c(CCC(O)c2ccc(C)cc2)cccc1OC. The maximum Gasteiger partial charge on any atom is 0.164 e. The van der Waals surface area contributed by atoms with Gasteiger partial charge in [-0.25, -0.2) is 0 Å². The number of aryl methyl sites for hydroxylation is 2. The summed E-state index contributed by atoms with van der Waals surface area (Å²) in [7, 11) is 1.64. The third-order valence-corrected chi connectivity index (χ3v) is 3.72. The van der Waals surface area contributed by atoms with E-state index in [1.54, 1.807) is 7.11 Å². The van der Waals surface area contributed by atoms with E-state index in [2.05, 4.69) is 0 Å². The van der Waals surface area contributed by atoms with E-state index in [-0.39, 0.29) is 0 Å². The van der Waals surface area contributed by atoms with Gasteiger partial charge in [0.05, 0.1) is 19.8 Å². The lowest BCUT2D eigenvalue weighted by Gasteiger charge is -2.16. The van der Waals surface area contributed by atoms with Gasteiger partial charge in [0.15, 0.2) is 11.5 Å².